The molecule has 0 amide bonds. The lowest BCUT2D eigenvalue weighted by Gasteiger charge is -2.14. The summed E-state index contributed by atoms with van der Waals surface area (Å²) in [7, 11) is 8.14. The van der Waals surface area contributed by atoms with Crippen molar-refractivity contribution in [1.29, 1.82) is 0 Å². The molecule has 2 heterocycles. The Morgan fingerprint density at radius 2 is 1.68 bits per heavy atom. The smallest absolute Gasteiger partial charge is 0.203 e. The highest BCUT2D eigenvalue weighted by Gasteiger charge is 2.22. The average molecular weight is 444 g/mol. The number of ether oxygens (including phenoxy) is 5. The molecule has 2 aromatic carbocycles. The highest BCUT2D eigenvalue weighted by molar-refractivity contribution is 7.23. The number of benzene rings is 2. The van der Waals surface area contributed by atoms with Gasteiger partial charge in [0, 0.05) is 19.2 Å². The van der Waals surface area contributed by atoms with Crippen LogP contribution in [0.25, 0.3) is 26.4 Å². The van der Waals surface area contributed by atoms with Crippen molar-refractivity contribution < 1.29 is 23.7 Å². The van der Waals surface area contributed by atoms with Gasteiger partial charge in [-0.1, -0.05) is 11.3 Å². The van der Waals surface area contributed by atoms with Gasteiger partial charge in [-0.3, -0.25) is 4.40 Å². The number of aromatic nitrogens is 2. The molecule has 0 saturated heterocycles. The molecule has 2 aromatic heterocycles. The Balaban J connectivity index is 1.94. The van der Waals surface area contributed by atoms with Crippen LogP contribution < -0.4 is 24.3 Å². The predicted octanol–water partition coefficient (Wildman–Crippen LogP) is 4.31. The average Bonchev–Trinajstić information content (AvgIpc) is 3.33. The van der Waals surface area contributed by atoms with E-state index < -0.39 is 0 Å². The molecule has 0 saturated carbocycles. The fourth-order valence-corrected chi connectivity index (χ4v) is 4.59. The molecule has 9 heteroatoms. The second-order valence-electron chi connectivity index (χ2n) is 6.70. The van der Waals surface area contributed by atoms with Crippen molar-refractivity contribution in [3.8, 4) is 34.3 Å². The van der Waals surface area contributed by atoms with Gasteiger partial charge >= 0.3 is 0 Å². The van der Waals surface area contributed by atoms with E-state index in [-0.39, 0.29) is 0 Å². The number of hydrogen-bond donors (Lipinski definition) is 1. The SMILES string of the molecule is COCCNc1c(-c2cc(OC)c(OC)c(OC)c2)nc2sc3cc(OC)ccc3n12. The summed E-state index contributed by atoms with van der Waals surface area (Å²) in [5.41, 5.74) is 2.69. The van der Waals surface area contributed by atoms with E-state index in [4.69, 9.17) is 28.7 Å². The molecular weight excluding hydrogens is 418 g/mol. The monoisotopic (exact) mass is 443 g/mol. The van der Waals surface area contributed by atoms with Crippen LogP contribution in [0.1, 0.15) is 0 Å². The lowest BCUT2D eigenvalue weighted by Crippen LogP contribution is -2.10. The largest absolute Gasteiger partial charge is 0.497 e. The molecule has 0 spiro atoms. The van der Waals surface area contributed by atoms with Gasteiger partial charge < -0.3 is 29.0 Å². The second-order valence-corrected chi connectivity index (χ2v) is 7.71. The molecule has 0 radical (unpaired) electrons. The van der Waals surface area contributed by atoms with Crippen LogP contribution in [0.15, 0.2) is 30.3 Å². The van der Waals surface area contributed by atoms with E-state index in [0.29, 0.717) is 30.4 Å². The third-order valence-electron chi connectivity index (χ3n) is 4.99. The van der Waals surface area contributed by atoms with Crippen molar-refractivity contribution in [1.82, 2.24) is 9.38 Å². The molecule has 4 rings (SSSR count). The number of hydrogen-bond acceptors (Lipinski definition) is 8. The summed E-state index contributed by atoms with van der Waals surface area (Å²) in [5.74, 6) is 3.38. The van der Waals surface area contributed by atoms with Crippen LogP contribution in [0, 0.1) is 0 Å². The third kappa shape index (κ3) is 3.70. The van der Waals surface area contributed by atoms with Crippen LogP contribution in [0.2, 0.25) is 0 Å². The van der Waals surface area contributed by atoms with E-state index in [1.165, 1.54) is 0 Å². The maximum absolute atomic E-state index is 5.54. The van der Waals surface area contributed by atoms with E-state index in [1.807, 2.05) is 30.3 Å². The zero-order valence-electron chi connectivity index (χ0n) is 18.1. The predicted molar refractivity (Wildman–Crippen MR) is 123 cm³/mol. The van der Waals surface area contributed by atoms with Crippen LogP contribution in [0.3, 0.4) is 0 Å². The molecule has 31 heavy (non-hydrogen) atoms. The summed E-state index contributed by atoms with van der Waals surface area (Å²) in [6.45, 7) is 1.20. The van der Waals surface area contributed by atoms with Crippen LogP contribution >= 0.6 is 11.3 Å². The van der Waals surface area contributed by atoms with Gasteiger partial charge in [-0.25, -0.2) is 4.98 Å². The lowest BCUT2D eigenvalue weighted by molar-refractivity contribution is 0.210. The first-order valence-electron chi connectivity index (χ1n) is 9.67. The Labute approximate surface area is 184 Å². The Bertz CT molecular complexity index is 1190. The van der Waals surface area contributed by atoms with Crippen molar-refractivity contribution in [2.24, 2.45) is 0 Å². The molecule has 8 nitrogen and oxygen atoms in total. The normalized spacial score (nSPS) is 11.1. The molecule has 0 fully saturated rings. The first-order chi connectivity index (χ1) is 15.1. The summed E-state index contributed by atoms with van der Waals surface area (Å²) < 4.78 is 30.4. The minimum absolute atomic E-state index is 0.543. The van der Waals surface area contributed by atoms with Crippen molar-refractivity contribution in [3.63, 3.8) is 0 Å². The Morgan fingerprint density at radius 1 is 0.935 bits per heavy atom. The van der Waals surface area contributed by atoms with Gasteiger partial charge in [-0.15, -0.1) is 0 Å². The minimum Gasteiger partial charge on any atom is -0.497 e. The number of rotatable bonds is 9. The lowest BCUT2D eigenvalue weighted by atomic mass is 10.1. The number of anilines is 1. The Kier molecular flexibility index (Phi) is 6.06. The first-order valence-corrected chi connectivity index (χ1v) is 10.5. The van der Waals surface area contributed by atoms with Gasteiger partial charge in [-0.2, -0.15) is 0 Å². The topological polar surface area (TPSA) is 75.5 Å². The standard InChI is InChI=1S/C22H25N3O5S/c1-26-9-8-23-21-19(13-10-16(28-3)20(30-5)17(11-13)29-4)24-22-25(21)15-7-6-14(27-2)12-18(15)31-22/h6-7,10-12,23H,8-9H2,1-5H3. The highest BCUT2D eigenvalue weighted by atomic mass is 32.1. The van der Waals surface area contributed by atoms with Gasteiger partial charge in [0.15, 0.2) is 16.5 Å². The number of imidazole rings is 1. The molecule has 0 unspecified atom stereocenters. The van der Waals surface area contributed by atoms with E-state index in [9.17, 15) is 0 Å². The van der Waals surface area contributed by atoms with Gasteiger partial charge in [-0.05, 0) is 30.3 Å². The fraction of sp³-hybridized carbons (Fsp3) is 0.318. The number of fused-ring (bicyclic) bond motifs is 3. The van der Waals surface area contributed by atoms with Gasteiger partial charge in [0.25, 0.3) is 0 Å². The highest BCUT2D eigenvalue weighted by Crippen LogP contribution is 2.44. The van der Waals surface area contributed by atoms with Crippen molar-refractivity contribution >= 4 is 32.3 Å². The molecule has 1 N–H and O–H groups in total. The quantitative estimate of drug-likeness (QED) is 0.386. The van der Waals surface area contributed by atoms with Gasteiger partial charge in [0.2, 0.25) is 5.75 Å². The number of nitrogens with zero attached hydrogens (tertiary/aromatic N) is 2. The first kappa shape index (κ1) is 21.1. The Morgan fingerprint density at radius 3 is 2.29 bits per heavy atom. The molecule has 0 bridgehead atoms. The van der Waals surface area contributed by atoms with Crippen molar-refractivity contribution in [3.05, 3.63) is 30.3 Å². The fourth-order valence-electron chi connectivity index (χ4n) is 3.53. The Hall–Kier alpha value is -3.17. The molecule has 0 atom stereocenters. The summed E-state index contributed by atoms with van der Waals surface area (Å²) in [5, 5.41) is 3.48. The summed E-state index contributed by atoms with van der Waals surface area (Å²) in [4.78, 5) is 5.81. The van der Waals surface area contributed by atoms with Crippen LogP contribution in [-0.2, 0) is 4.74 Å². The van der Waals surface area contributed by atoms with Crippen LogP contribution in [0.5, 0.6) is 23.0 Å². The summed E-state index contributed by atoms with van der Waals surface area (Å²) in [6, 6.07) is 9.82. The minimum atomic E-state index is 0.543. The number of methoxy groups -OCH3 is 5. The summed E-state index contributed by atoms with van der Waals surface area (Å²) in [6.07, 6.45) is 0. The maximum Gasteiger partial charge on any atom is 0.203 e. The zero-order valence-corrected chi connectivity index (χ0v) is 19.0. The van der Waals surface area contributed by atoms with Crippen molar-refractivity contribution in [2.45, 2.75) is 0 Å². The third-order valence-corrected chi connectivity index (χ3v) is 6.00. The molecule has 0 aliphatic carbocycles. The van der Waals surface area contributed by atoms with E-state index in [2.05, 4.69) is 9.72 Å². The van der Waals surface area contributed by atoms with Crippen LogP contribution in [0.4, 0.5) is 5.82 Å². The maximum atomic E-state index is 5.54. The molecule has 0 aliphatic rings. The number of thiazole rings is 1. The molecule has 0 aliphatic heterocycles. The van der Waals surface area contributed by atoms with Crippen molar-refractivity contribution in [2.75, 3.05) is 54.0 Å². The molecular formula is C22H25N3O5S. The summed E-state index contributed by atoms with van der Waals surface area (Å²) >= 11 is 1.60. The second kappa shape index (κ2) is 8.91. The number of nitrogens with one attached hydrogen (secondary N) is 1. The van der Waals surface area contributed by atoms with Crippen LogP contribution in [-0.4, -0.2) is 58.1 Å². The van der Waals surface area contributed by atoms with Gasteiger partial charge in [0.05, 0.1) is 45.3 Å². The molecule has 164 valence electrons. The van der Waals surface area contributed by atoms with E-state index >= 15 is 0 Å². The van der Waals surface area contributed by atoms with Gasteiger partial charge in [0.1, 0.15) is 17.3 Å². The molecule has 4 aromatic rings. The van der Waals surface area contributed by atoms with E-state index in [0.717, 1.165) is 38.0 Å². The van der Waals surface area contributed by atoms with E-state index in [1.54, 1.807) is 46.9 Å². The zero-order chi connectivity index (χ0) is 22.0.